The van der Waals surface area contributed by atoms with E-state index in [-0.39, 0.29) is 59.4 Å². The summed E-state index contributed by atoms with van der Waals surface area (Å²) in [4.78, 5) is 43.8. The molecule has 0 saturated heterocycles. The third-order valence-electron chi connectivity index (χ3n) is 29.0. The van der Waals surface area contributed by atoms with Gasteiger partial charge >= 0.3 is 6.18 Å². The molecule has 15 aromatic rings. The molecule has 5 fully saturated rings. The summed E-state index contributed by atoms with van der Waals surface area (Å²) in [6, 6.07) is 1.15. The smallest absolute Gasteiger partial charge is 0.383 e. The van der Waals surface area contributed by atoms with Crippen LogP contribution in [0.3, 0.4) is 0 Å². The van der Waals surface area contributed by atoms with Crippen LogP contribution in [-0.4, -0.2) is 105 Å². The van der Waals surface area contributed by atoms with E-state index in [9.17, 15) is 13.2 Å². The fourth-order valence-electron chi connectivity index (χ4n) is 22.0. The summed E-state index contributed by atoms with van der Waals surface area (Å²) < 4.78 is 83.2. The first kappa shape index (κ1) is 84.5. The molecular formula is C97H114F3N25O5. The van der Waals surface area contributed by atoms with E-state index in [1.807, 2.05) is 18.4 Å². The van der Waals surface area contributed by atoms with Crippen LogP contribution in [-0.2, 0) is 42.9 Å². The van der Waals surface area contributed by atoms with Crippen molar-refractivity contribution in [2.24, 2.45) is 0 Å². The number of alkyl halides is 3. The normalized spacial score (nSPS) is 19.5. The van der Waals surface area contributed by atoms with Crippen molar-refractivity contribution in [2.45, 2.75) is 321 Å². The zero-order valence-corrected chi connectivity index (χ0v) is 76.6. The van der Waals surface area contributed by atoms with Crippen molar-refractivity contribution in [3.05, 3.63) is 123 Å². The standard InChI is InChI=1S/C20H22F3N5O.2C20H25N5O.C19H23N5O.C18H19N5O/c1-9(2)28-11-6-7-19(3,20(21,22)23)14-15(27-29-16(14)10-4-5-10)12(11)13-17(24)25-8-26-18(13)28;1-10(2)25-12-7-8-20(3,4)15-16(24-26-17(15)11-5-6-11)13(12)14-18(21)22-9-23-19(14)25;1-4-11-7-8-13-15(17-14(11)18(26-24-17)12-5-6-12)16-19(21)22-9-23-20(16)25(13)10(2)3;1-9(2)24-12-7-4-10(3)13-16(23-25-17(13)11-5-6-11)14(12)15-18(20)21-8-22-19(15)24;1-9(2)23-12-5-3-4-11-15(22-24-16(11)10-6-7-10)13(12)14-17(19)20-8-21-18(14)23/h8-10H,4-7H2,1-3H3,(H2,24,25,26);9-11H,5-8H2,1-4H3,(H2,21,22,23);9-12H,4-8H2,1-3H3,(H2,21,22,23);8-11H,4-7H2,1-3H3,(H2,20,21,22);3-4,8-10H,5-7H2,1-2H3,(H2,19,20,21). The lowest BCUT2D eigenvalue weighted by molar-refractivity contribution is -0.187. The van der Waals surface area contributed by atoms with Crippen molar-refractivity contribution in [3.63, 3.8) is 0 Å². The van der Waals surface area contributed by atoms with E-state index in [0.29, 0.717) is 93.2 Å². The second kappa shape index (κ2) is 31.2. The van der Waals surface area contributed by atoms with Gasteiger partial charge in [-0.3, -0.25) is 0 Å². The van der Waals surface area contributed by atoms with E-state index in [0.717, 1.165) is 188 Å². The molecule has 10 aliphatic rings. The number of fused-ring (bicyclic) bond motifs is 25. The summed E-state index contributed by atoms with van der Waals surface area (Å²) in [6.45, 7) is 31.8. The second-order valence-corrected chi connectivity index (χ2v) is 40.0. The van der Waals surface area contributed by atoms with E-state index in [2.05, 4.69) is 189 Å². The predicted molar refractivity (Wildman–Crippen MR) is 493 cm³/mol. The van der Waals surface area contributed by atoms with Gasteiger partial charge in [0.25, 0.3) is 0 Å². The summed E-state index contributed by atoms with van der Waals surface area (Å²) in [6.07, 6.45) is 27.0. The molecule has 0 aliphatic heterocycles. The monoisotopic (exact) mass is 1770 g/mol. The van der Waals surface area contributed by atoms with Crippen molar-refractivity contribution in [3.8, 4) is 56.3 Å². The number of halogens is 3. The summed E-state index contributed by atoms with van der Waals surface area (Å²) in [7, 11) is 0. The topological polar surface area (TPSA) is 414 Å². The zero-order chi connectivity index (χ0) is 90.6. The molecule has 5 saturated carbocycles. The molecule has 30 nitrogen and oxygen atoms in total. The number of allylic oxidation sites excluding steroid dienone is 1. The van der Waals surface area contributed by atoms with E-state index < -0.39 is 11.6 Å². The molecule has 10 aliphatic carbocycles. The van der Waals surface area contributed by atoms with Gasteiger partial charge in [-0.2, -0.15) is 13.2 Å². The molecule has 0 radical (unpaired) electrons. The largest absolute Gasteiger partial charge is 0.398 e. The molecule has 10 N–H and O–H groups in total. The van der Waals surface area contributed by atoms with Crippen LogP contribution < -0.4 is 28.7 Å². The maximum Gasteiger partial charge on any atom is 0.398 e. The highest BCUT2D eigenvalue weighted by Crippen LogP contribution is 2.61. The van der Waals surface area contributed by atoms with Crippen LogP contribution in [0.5, 0.6) is 0 Å². The number of rotatable bonds is 11. The Balaban J connectivity index is 0.0000000985. The first-order valence-corrected chi connectivity index (χ1v) is 46.8. The van der Waals surface area contributed by atoms with Crippen molar-refractivity contribution >= 4 is 90.3 Å². The maximum absolute atomic E-state index is 14.4. The van der Waals surface area contributed by atoms with Crippen LogP contribution in [0.25, 0.3) is 118 Å². The highest BCUT2D eigenvalue weighted by Gasteiger charge is 2.59. The van der Waals surface area contributed by atoms with Gasteiger partial charge in [-0.25, -0.2) is 49.8 Å². The minimum absolute atomic E-state index is 0.00141. The van der Waals surface area contributed by atoms with Crippen molar-refractivity contribution in [1.29, 1.82) is 0 Å². The summed E-state index contributed by atoms with van der Waals surface area (Å²) in [5.74, 6) is 10.0. The lowest BCUT2D eigenvalue weighted by Crippen LogP contribution is -2.40. The van der Waals surface area contributed by atoms with Crippen LogP contribution in [0, 0.1) is 0 Å². The molecule has 0 bridgehead atoms. The molecule has 25 rings (SSSR count). The van der Waals surface area contributed by atoms with Crippen molar-refractivity contribution in [2.75, 3.05) is 28.7 Å². The summed E-state index contributed by atoms with van der Waals surface area (Å²) in [5, 5.41) is 26.6. The zero-order valence-electron chi connectivity index (χ0n) is 76.6. The van der Waals surface area contributed by atoms with Gasteiger partial charge in [-0.05, 0) is 215 Å². The third kappa shape index (κ3) is 13.4. The third-order valence-corrected chi connectivity index (χ3v) is 29.0. The van der Waals surface area contributed by atoms with E-state index in [4.69, 9.17) is 51.3 Å². The van der Waals surface area contributed by atoms with E-state index in [1.54, 1.807) is 19.0 Å². The van der Waals surface area contributed by atoms with Crippen LogP contribution in [0.4, 0.5) is 42.3 Å². The highest BCUT2D eigenvalue weighted by atomic mass is 19.4. The average molecular weight is 1770 g/mol. The fourth-order valence-corrected chi connectivity index (χ4v) is 22.0. The van der Waals surface area contributed by atoms with Gasteiger partial charge in [0.15, 0.2) is 0 Å². The first-order chi connectivity index (χ1) is 62.4. The summed E-state index contributed by atoms with van der Waals surface area (Å²) in [5.41, 5.74) is 53.4. The van der Waals surface area contributed by atoms with Gasteiger partial charge in [0, 0.05) is 150 Å². The van der Waals surface area contributed by atoms with Crippen LogP contribution >= 0.6 is 0 Å². The van der Waals surface area contributed by atoms with Gasteiger partial charge in [0.1, 0.15) is 146 Å². The molecule has 0 aromatic carbocycles. The molecule has 130 heavy (non-hydrogen) atoms. The molecule has 3 atom stereocenters. The number of nitrogens with two attached hydrogens (primary N) is 5. The number of hydrogen-bond donors (Lipinski definition) is 5. The van der Waals surface area contributed by atoms with Gasteiger partial charge in [0.05, 0.1) is 32.3 Å². The molecule has 15 aromatic heterocycles. The molecule has 3 unspecified atom stereocenters. The highest BCUT2D eigenvalue weighted by molar-refractivity contribution is 6.07. The Kier molecular flexibility index (Phi) is 20.3. The first-order valence-electron chi connectivity index (χ1n) is 46.8. The molecule has 33 heteroatoms. The maximum atomic E-state index is 14.4. The Hall–Kier alpha value is -12.3. The van der Waals surface area contributed by atoms with Crippen molar-refractivity contribution < 1.29 is 35.8 Å². The van der Waals surface area contributed by atoms with Crippen LogP contribution in [0.2, 0.25) is 0 Å². The number of hydrogen-bond acceptors (Lipinski definition) is 25. The molecule has 0 amide bonds. The minimum Gasteiger partial charge on any atom is -0.383 e. The number of nitrogen functional groups attached to an aromatic ring is 5. The van der Waals surface area contributed by atoms with Gasteiger partial charge in [-0.15, -0.1) is 0 Å². The van der Waals surface area contributed by atoms with Crippen molar-refractivity contribution in [1.82, 2.24) is 98.5 Å². The Morgan fingerprint density at radius 3 is 1.10 bits per heavy atom. The molecular weight excluding hydrogens is 1650 g/mol. The Morgan fingerprint density at radius 1 is 0.377 bits per heavy atom. The lowest BCUT2D eigenvalue weighted by atomic mass is 9.76. The molecule has 678 valence electrons. The van der Waals surface area contributed by atoms with Gasteiger partial charge in [-0.1, -0.05) is 65.6 Å². The Bertz CT molecular complexity index is 7050. The van der Waals surface area contributed by atoms with Crippen LogP contribution in [0.15, 0.2) is 60.3 Å². The number of aromatic nitrogens is 20. The Morgan fingerprint density at radius 2 is 0.692 bits per heavy atom. The predicted octanol–water partition coefficient (Wildman–Crippen LogP) is 21.7. The fraction of sp³-hybridized carbons (Fsp3) is 0.515. The average Bonchev–Trinajstić information content (AvgIpc) is 1.48. The SMILES string of the molecule is CC(C)n1c2c(c3c(N)ncnc31)-c1noc(C3CC3)c1C(C)(C(F)(F)F)CC2.CC(C)n1c2c(c3c(N)ncnc31)-c1noc(C3CC3)c1C(C)(C)CC2.CC(C)n1c2c(c3c(N)ncnc31)-c1noc(C3CC3)c1C=CC2.CC1CCc2c(c3c(N)ncnc3n2C(C)C)-c2noc(C3CC3)c21.CCC1CCc2c(c3c(N)ncnc3n2C(C)C)-c2noc(C3CC3)c21. The van der Waals surface area contributed by atoms with Gasteiger partial charge in [0.2, 0.25) is 0 Å². The quantitative estimate of drug-likeness (QED) is 0.0803. The van der Waals surface area contributed by atoms with Gasteiger partial charge < -0.3 is 74.1 Å². The number of anilines is 5. The lowest BCUT2D eigenvalue weighted by Gasteiger charge is -2.31. The second-order valence-electron chi connectivity index (χ2n) is 40.0. The minimum atomic E-state index is -4.43. The number of nitrogens with zero attached hydrogens (tertiary/aromatic N) is 20. The molecule has 0 spiro atoms. The van der Waals surface area contributed by atoms with Crippen LogP contribution in [0.1, 0.15) is 357 Å². The van der Waals surface area contributed by atoms with E-state index >= 15 is 0 Å². The summed E-state index contributed by atoms with van der Waals surface area (Å²) >= 11 is 0. The molecule has 15 heterocycles. The Labute approximate surface area is 749 Å². The van der Waals surface area contributed by atoms with E-state index in [1.165, 1.54) is 110 Å².